The topological polar surface area (TPSA) is 105 Å². The first-order valence-electron chi connectivity index (χ1n) is 4.59. The summed E-state index contributed by atoms with van der Waals surface area (Å²) in [5.74, 6) is -0.723. The van der Waals surface area contributed by atoms with Gasteiger partial charge in [0.05, 0.1) is 25.1 Å². The fourth-order valence-electron chi connectivity index (χ4n) is 1.00. The van der Waals surface area contributed by atoms with Crippen molar-refractivity contribution in [3.8, 4) is 0 Å². The zero-order valence-electron chi connectivity index (χ0n) is 8.75. The highest BCUT2D eigenvalue weighted by Crippen LogP contribution is 2.01. The molecule has 0 aliphatic heterocycles. The van der Waals surface area contributed by atoms with E-state index in [2.05, 4.69) is 15.3 Å². The summed E-state index contributed by atoms with van der Waals surface area (Å²) in [6.45, 7) is 0.475. The molecule has 0 bridgehead atoms. The third-order valence-electron chi connectivity index (χ3n) is 1.75. The number of aromatic carboxylic acids is 1. The molecule has 88 valence electrons. The third-order valence-corrected chi connectivity index (χ3v) is 1.75. The zero-order chi connectivity index (χ0) is 12.0. The first-order chi connectivity index (χ1) is 7.63. The largest absolute Gasteiger partial charge is 0.476 e. The highest BCUT2D eigenvalue weighted by Gasteiger charge is 2.06. The number of ether oxygens (including phenoxy) is 1. The van der Waals surface area contributed by atoms with Gasteiger partial charge in [-0.15, -0.1) is 0 Å². The number of hydrogen-bond acceptors (Lipinski definition) is 6. The zero-order valence-corrected chi connectivity index (χ0v) is 8.75. The number of carboxylic acid groups (broad SMARTS) is 1. The summed E-state index contributed by atoms with van der Waals surface area (Å²) in [4.78, 5) is 18.0. The molecule has 0 saturated heterocycles. The summed E-state index contributed by atoms with van der Waals surface area (Å²) in [6.07, 6.45) is 1.79. The number of hydrogen-bond donors (Lipinski definition) is 3. The van der Waals surface area contributed by atoms with Crippen molar-refractivity contribution < 1.29 is 19.7 Å². The average molecular weight is 227 g/mol. The number of aliphatic hydroxyl groups excluding tert-OH is 1. The van der Waals surface area contributed by atoms with Gasteiger partial charge in [-0.2, -0.15) is 0 Å². The highest BCUT2D eigenvalue weighted by atomic mass is 16.5. The van der Waals surface area contributed by atoms with Crippen molar-refractivity contribution in [3.05, 3.63) is 18.1 Å². The number of aliphatic hydroxyl groups is 1. The molecule has 0 amide bonds. The number of anilines is 1. The second-order valence-corrected chi connectivity index (χ2v) is 3.08. The van der Waals surface area contributed by atoms with Crippen LogP contribution in [0, 0.1) is 0 Å². The van der Waals surface area contributed by atoms with E-state index < -0.39 is 12.1 Å². The van der Waals surface area contributed by atoms with Crippen LogP contribution in [0.5, 0.6) is 0 Å². The number of carbonyl (C=O) groups is 1. The van der Waals surface area contributed by atoms with Crippen LogP contribution >= 0.6 is 0 Å². The molecule has 0 aromatic carbocycles. The van der Waals surface area contributed by atoms with Crippen LogP contribution in [0.2, 0.25) is 0 Å². The Morgan fingerprint density at radius 3 is 2.81 bits per heavy atom. The van der Waals surface area contributed by atoms with Crippen molar-refractivity contribution in [2.75, 3.05) is 25.6 Å². The van der Waals surface area contributed by atoms with Gasteiger partial charge in [-0.1, -0.05) is 0 Å². The van der Waals surface area contributed by atoms with Crippen molar-refractivity contribution in [1.29, 1.82) is 0 Å². The molecule has 1 atom stereocenters. The monoisotopic (exact) mass is 227 g/mol. The van der Waals surface area contributed by atoms with E-state index in [9.17, 15) is 9.90 Å². The van der Waals surface area contributed by atoms with Gasteiger partial charge in [-0.05, 0) is 0 Å². The van der Waals surface area contributed by atoms with Gasteiger partial charge in [0.15, 0.2) is 5.69 Å². The van der Waals surface area contributed by atoms with Gasteiger partial charge in [0.2, 0.25) is 0 Å². The summed E-state index contributed by atoms with van der Waals surface area (Å²) in [5, 5.41) is 20.7. The van der Waals surface area contributed by atoms with Gasteiger partial charge in [0, 0.05) is 13.7 Å². The maximum atomic E-state index is 10.5. The van der Waals surface area contributed by atoms with Crippen LogP contribution in [0.25, 0.3) is 0 Å². The summed E-state index contributed by atoms with van der Waals surface area (Å²) in [5.41, 5.74) is -0.122. The van der Waals surface area contributed by atoms with Crippen LogP contribution < -0.4 is 5.32 Å². The molecule has 0 aliphatic rings. The van der Waals surface area contributed by atoms with Gasteiger partial charge in [0.1, 0.15) is 5.82 Å². The second kappa shape index (κ2) is 5.99. The van der Waals surface area contributed by atoms with Gasteiger partial charge >= 0.3 is 5.97 Å². The van der Waals surface area contributed by atoms with Crippen LogP contribution in [0.3, 0.4) is 0 Å². The lowest BCUT2D eigenvalue weighted by atomic mass is 10.4. The first kappa shape index (κ1) is 12.3. The number of carboxylic acids is 1. The Hall–Kier alpha value is -1.73. The quantitative estimate of drug-likeness (QED) is 0.607. The first-order valence-corrected chi connectivity index (χ1v) is 4.59. The summed E-state index contributed by atoms with van der Waals surface area (Å²) in [6, 6.07) is 0. The molecule has 1 aromatic rings. The fourth-order valence-corrected chi connectivity index (χ4v) is 1.00. The van der Waals surface area contributed by atoms with Crippen molar-refractivity contribution in [2.24, 2.45) is 0 Å². The minimum Gasteiger partial charge on any atom is -0.476 e. The van der Waals surface area contributed by atoms with E-state index in [1.54, 1.807) is 0 Å². The van der Waals surface area contributed by atoms with E-state index in [1.807, 2.05) is 0 Å². The van der Waals surface area contributed by atoms with Crippen molar-refractivity contribution in [2.45, 2.75) is 6.10 Å². The molecule has 16 heavy (non-hydrogen) atoms. The Kier molecular flexibility index (Phi) is 4.62. The van der Waals surface area contributed by atoms with Crippen LogP contribution in [0.1, 0.15) is 10.5 Å². The SMILES string of the molecule is COCC(O)CNc1cnc(C(=O)O)cn1. The molecule has 0 spiro atoms. The molecule has 3 N–H and O–H groups in total. The van der Waals surface area contributed by atoms with E-state index >= 15 is 0 Å². The number of nitrogens with one attached hydrogen (secondary N) is 1. The normalized spacial score (nSPS) is 12.1. The number of methoxy groups -OCH3 is 1. The minimum absolute atomic E-state index is 0.122. The predicted octanol–water partition coefficient (Wildman–Crippen LogP) is -0.406. The van der Waals surface area contributed by atoms with E-state index in [4.69, 9.17) is 9.84 Å². The van der Waals surface area contributed by atoms with Gasteiger partial charge in [-0.25, -0.2) is 14.8 Å². The fraction of sp³-hybridized carbons (Fsp3) is 0.444. The molecular formula is C9H13N3O4. The van der Waals surface area contributed by atoms with Crippen LogP contribution in [-0.4, -0.2) is 52.5 Å². The number of nitrogens with zero attached hydrogens (tertiary/aromatic N) is 2. The molecule has 7 heteroatoms. The summed E-state index contributed by atoms with van der Waals surface area (Å²) < 4.78 is 4.74. The second-order valence-electron chi connectivity index (χ2n) is 3.08. The van der Waals surface area contributed by atoms with Crippen LogP contribution in [0.15, 0.2) is 12.4 Å². The van der Waals surface area contributed by atoms with Gasteiger partial charge in [0.25, 0.3) is 0 Å². The highest BCUT2D eigenvalue weighted by molar-refractivity contribution is 5.84. The Morgan fingerprint density at radius 1 is 1.56 bits per heavy atom. The van der Waals surface area contributed by atoms with Crippen molar-refractivity contribution in [3.63, 3.8) is 0 Å². The predicted molar refractivity (Wildman–Crippen MR) is 55.4 cm³/mol. The molecule has 1 aromatic heterocycles. The minimum atomic E-state index is -1.13. The van der Waals surface area contributed by atoms with Crippen LogP contribution in [0.4, 0.5) is 5.82 Å². The standard InChI is InChI=1S/C9H13N3O4/c1-16-5-6(13)2-11-8-4-10-7(3-12-8)9(14)15/h3-4,6,13H,2,5H2,1H3,(H,11,12)(H,14,15). The Balaban J connectivity index is 2.46. The Morgan fingerprint density at radius 2 is 2.31 bits per heavy atom. The lowest BCUT2D eigenvalue weighted by Crippen LogP contribution is -2.24. The average Bonchev–Trinajstić information content (AvgIpc) is 2.27. The molecule has 0 fully saturated rings. The van der Waals surface area contributed by atoms with E-state index in [0.29, 0.717) is 5.82 Å². The lowest BCUT2D eigenvalue weighted by molar-refractivity contribution is 0.0689. The number of aromatic nitrogens is 2. The summed E-state index contributed by atoms with van der Waals surface area (Å²) >= 11 is 0. The molecule has 0 aliphatic carbocycles. The molecule has 0 saturated carbocycles. The maximum absolute atomic E-state index is 10.5. The lowest BCUT2D eigenvalue weighted by Gasteiger charge is -2.10. The summed E-state index contributed by atoms with van der Waals surface area (Å²) in [7, 11) is 1.49. The van der Waals surface area contributed by atoms with Gasteiger partial charge < -0.3 is 20.3 Å². The molecule has 1 unspecified atom stereocenters. The molecule has 0 radical (unpaired) electrons. The van der Waals surface area contributed by atoms with E-state index in [0.717, 1.165) is 6.20 Å². The maximum Gasteiger partial charge on any atom is 0.356 e. The third kappa shape index (κ3) is 3.79. The van der Waals surface area contributed by atoms with Crippen molar-refractivity contribution >= 4 is 11.8 Å². The molecular weight excluding hydrogens is 214 g/mol. The van der Waals surface area contributed by atoms with E-state index in [-0.39, 0.29) is 18.8 Å². The molecule has 1 heterocycles. The van der Waals surface area contributed by atoms with E-state index in [1.165, 1.54) is 13.3 Å². The smallest absolute Gasteiger partial charge is 0.356 e. The Labute approximate surface area is 92.1 Å². The van der Waals surface area contributed by atoms with Crippen LogP contribution in [-0.2, 0) is 4.74 Å². The molecule has 1 rings (SSSR count). The van der Waals surface area contributed by atoms with Gasteiger partial charge in [-0.3, -0.25) is 0 Å². The Bertz CT molecular complexity index is 341. The molecule has 7 nitrogen and oxygen atoms in total. The van der Waals surface area contributed by atoms with Crippen molar-refractivity contribution in [1.82, 2.24) is 9.97 Å². The number of rotatable bonds is 6.